The van der Waals surface area contributed by atoms with Crippen LogP contribution in [0.2, 0.25) is 0 Å². The number of esters is 1. The second-order valence-corrected chi connectivity index (χ2v) is 5.72. The molecular weight excluding hydrogens is 319 g/mol. The molecule has 0 saturated heterocycles. The highest BCUT2D eigenvalue weighted by Crippen LogP contribution is 2.41. The van der Waals surface area contributed by atoms with Crippen LogP contribution < -0.4 is 4.90 Å². The van der Waals surface area contributed by atoms with Crippen molar-refractivity contribution in [1.29, 1.82) is 0 Å². The van der Waals surface area contributed by atoms with Gasteiger partial charge in [0.2, 0.25) is 0 Å². The molecule has 0 aromatic heterocycles. The van der Waals surface area contributed by atoms with Crippen molar-refractivity contribution in [3.63, 3.8) is 0 Å². The fourth-order valence-electron chi connectivity index (χ4n) is 3.16. The molecule has 24 heavy (non-hydrogen) atoms. The summed E-state index contributed by atoms with van der Waals surface area (Å²) in [5.41, 5.74) is 1.73. The molecular formula is C18H16F3NO2. The van der Waals surface area contributed by atoms with E-state index in [1.165, 1.54) is 25.3 Å². The van der Waals surface area contributed by atoms with E-state index < -0.39 is 18.3 Å². The second kappa shape index (κ2) is 6.19. The molecule has 0 amide bonds. The normalized spacial score (nSPS) is 16.8. The van der Waals surface area contributed by atoms with Crippen molar-refractivity contribution in [3.8, 4) is 0 Å². The summed E-state index contributed by atoms with van der Waals surface area (Å²) in [4.78, 5) is 12.1. The zero-order chi connectivity index (χ0) is 17.3. The van der Waals surface area contributed by atoms with Crippen LogP contribution in [0.1, 0.15) is 21.5 Å². The van der Waals surface area contributed by atoms with E-state index in [9.17, 15) is 18.0 Å². The van der Waals surface area contributed by atoms with Crippen LogP contribution in [0.15, 0.2) is 48.5 Å². The van der Waals surface area contributed by atoms with Gasteiger partial charge in [0.05, 0.1) is 12.7 Å². The number of hydrogen-bond donors (Lipinski definition) is 0. The Morgan fingerprint density at radius 2 is 1.92 bits per heavy atom. The lowest BCUT2D eigenvalue weighted by atomic mass is 10.0. The van der Waals surface area contributed by atoms with Gasteiger partial charge in [-0.1, -0.05) is 30.3 Å². The largest absolute Gasteiger partial charge is 0.485 e. The fraction of sp³-hybridized carbons (Fsp3) is 0.278. The molecule has 0 fully saturated rings. The number of alkyl halides is 3. The Kier molecular flexibility index (Phi) is 4.22. The number of anilines is 1. The highest BCUT2D eigenvalue weighted by Gasteiger charge is 2.46. The number of fused-ring (bicyclic) bond motifs is 1. The van der Waals surface area contributed by atoms with Crippen LogP contribution in [-0.4, -0.2) is 25.4 Å². The standard InChI is InChI=1S/C18H16F3NO2/c1-24-17(23)13-7-8-16-14(10-13)11-15(22(16)18(19,20)21)9-12-5-3-2-4-6-12/h2-8,10,15H,9,11H2,1H3. The number of ether oxygens (including phenoxy) is 1. The Morgan fingerprint density at radius 1 is 1.21 bits per heavy atom. The van der Waals surface area contributed by atoms with Gasteiger partial charge in [-0.15, -0.1) is 0 Å². The topological polar surface area (TPSA) is 29.5 Å². The lowest BCUT2D eigenvalue weighted by molar-refractivity contribution is -0.133. The van der Waals surface area contributed by atoms with E-state index >= 15 is 0 Å². The van der Waals surface area contributed by atoms with Crippen molar-refractivity contribution >= 4 is 11.7 Å². The Labute approximate surface area is 137 Å². The number of benzene rings is 2. The molecule has 0 radical (unpaired) electrons. The van der Waals surface area contributed by atoms with E-state index in [1.54, 1.807) is 0 Å². The van der Waals surface area contributed by atoms with Crippen molar-refractivity contribution < 1.29 is 22.7 Å². The summed E-state index contributed by atoms with van der Waals surface area (Å²) >= 11 is 0. The summed E-state index contributed by atoms with van der Waals surface area (Å²) in [5.74, 6) is -0.553. The minimum Gasteiger partial charge on any atom is -0.465 e. The zero-order valence-corrected chi connectivity index (χ0v) is 13.0. The van der Waals surface area contributed by atoms with Crippen molar-refractivity contribution in [2.45, 2.75) is 25.2 Å². The lowest BCUT2D eigenvalue weighted by Gasteiger charge is -2.29. The van der Waals surface area contributed by atoms with Gasteiger partial charge in [0.1, 0.15) is 0 Å². The molecule has 2 aromatic carbocycles. The molecule has 3 rings (SSSR count). The van der Waals surface area contributed by atoms with Crippen LogP contribution in [0, 0.1) is 0 Å². The van der Waals surface area contributed by atoms with Gasteiger partial charge in [0.25, 0.3) is 0 Å². The van der Waals surface area contributed by atoms with Gasteiger partial charge in [-0.2, -0.15) is 13.2 Å². The summed E-state index contributed by atoms with van der Waals surface area (Å²) in [6, 6.07) is 12.6. The number of hydrogen-bond acceptors (Lipinski definition) is 3. The number of methoxy groups -OCH3 is 1. The maximum absolute atomic E-state index is 13.6. The smallest absolute Gasteiger partial charge is 0.465 e. The van der Waals surface area contributed by atoms with E-state index in [4.69, 9.17) is 0 Å². The number of carbonyl (C=O) groups is 1. The van der Waals surface area contributed by atoms with E-state index in [0.717, 1.165) is 5.56 Å². The Morgan fingerprint density at radius 3 is 2.54 bits per heavy atom. The SMILES string of the molecule is COC(=O)c1ccc2c(c1)CC(Cc1ccccc1)N2C(F)(F)F. The maximum atomic E-state index is 13.6. The summed E-state index contributed by atoms with van der Waals surface area (Å²) in [6.45, 7) is 0. The molecule has 0 N–H and O–H groups in total. The fourth-order valence-corrected chi connectivity index (χ4v) is 3.16. The summed E-state index contributed by atoms with van der Waals surface area (Å²) < 4.78 is 45.3. The Balaban J connectivity index is 1.95. The maximum Gasteiger partial charge on any atom is 0.485 e. The summed E-state index contributed by atoms with van der Waals surface area (Å²) in [5, 5.41) is 0. The first-order valence-corrected chi connectivity index (χ1v) is 7.51. The van der Waals surface area contributed by atoms with Gasteiger partial charge in [0.15, 0.2) is 0 Å². The van der Waals surface area contributed by atoms with Crippen LogP contribution in [0.25, 0.3) is 0 Å². The van der Waals surface area contributed by atoms with Crippen molar-refractivity contribution in [1.82, 2.24) is 0 Å². The average Bonchev–Trinajstić information content (AvgIpc) is 2.92. The van der Waals surface area contributed by atoms with E-state index in [1.807, 2.05) is 30.3 Å². The molecule has 126 valence electrons. The third-order valence-electron chi connectivity index (χ3n) is 4.17. The van der Waals surface area contributed by atoms with Gasteiger partial charge in [-0.25, -0.2) is 4.79 Å². The molecule has 0 bridgehead atoms. The van der Waals surface area contributed by atoms with Gasteiger partial charge < -0.3 is 4.74 Å². The van der Waals surface area contributed by atoms with Crippen molar-refractivity contribution in [2.75, 3.05) is 12.0 Å². The van der Waals surface area contributed by atoms with Crippen molar-refractivity contribution in [3.05, 3.63) is 65.2 Å². The molecule has 1 aliphatic rings. The second-order valence-electron chi connectivity index (χ2n) is 5.72. The molecule has 1 atom stereocenters. The molecule has 1 heterocycles. The molecule has 1 unspecified atom stereocenters. The molecule has 2 aromatic rings. The van der Waals surface area contributed by atoms with Crippen LogP contribution in [0.3, 0.4) is 0 Å². The van der Waals surface area contributed by atoms with Gasteiger partial charge in [-0.05, 0) is 42.2 Å². The Hall–Kier alpha value is -2.50. The van der Waals surface area contributed by atoms with Crippen LogP contribution >= 0.6 is 0 Å². The minimum absolute atomic E-state index is 0.107. The van der Waals surface area contributed by atoms with E-state index in [-0.39, 0.29) is 24.1 Å². The van der Waals surface area contributed by atoms with E-state index in [2.05, 4.69) is 4.74 Å². The van der Waals surface area contributed by atoms with Gasteiger partial charge >= 0.3 is 12.3 Å². The highest BCUT2D eigenvalue weighted by molar-refractivity contribution is 5.90. The molecule has 6 heteroatoms. The predicted molar refractivity (Wildman–Crippen MR) is 84.0 cm³/mol. The average molecular weight is 335 g/mol. The molecule has 1 aliphatic heterocycles. The van der Waals surface area contributed by atoms with Gasteiger partial charge in [0, 0.05) is 11.7 Å². The molecule has 0 aliphatic carbocycles. The molecule has 0 saturated carbocycles. The summed E-state index contributed by atoms with van der Waals surface area (Å²) in [6.07, 6.45) is -3.96. The van der Waals surface area contributed by atoms with Crippen LogP contribution in [0.4, 0.5) is 18.9 Å². The predicted octanol–water partition coefficient (Wildman–Crippen LogP) is 3.97. The molecule has 3 nitrogen and oxygen atoms in total. The quantitative estimate of drug-likeness (QED) is 0.628. The number of halogens is 3. The zero-order valence-electron chi connectivity index (χ0n) is 13.0. The number of carbonyl (C=O) groups excluding carboxylic acids is 1. The Bertz CT molecular complexity index is 744. The third kappa shape index (κ3) is 3.09. The van der Waals surface area contributed by atoms with Crippen LogP contribution in [-0.2, 0) is 17.6 Å². The monoisotopic (exact) mass is 335 g/mol. The first kappa shape index (κ1) is 16.4. The number of rotatable bonds is 3. The lowest BCUT2D eigenvalue weighted by Crippen LogP contribution is -2.44. The summed E-state index contributed by atoms with van der Waals surface area (Å²) in [7, 11) is 1.25. The first-order valence-electron chi connectivity index (χ1n) is 7.51. The van der Waals surface area contributed by atoms with Gasteiger partial charge in [-0.3, -0.25) is 4.90 Å². The first-order chi connectivity index (χ1) is 11.4. The molecule has 0 spiro atoms. The minimum atomic E-state index is -4.47. The highest BCUT2D eigenvalue weighted by atomic mass is 19.4. The van der Waals surface area contributed by atoms with E-state index in [0.29, 0.717) is 10.5 Å². The van der Waals surface area contributed by atoms with Crippen molar-refractivity contribution in [2.24, 2.45) is 0 Å². The third-order valence-corrected chi connectivity index (χ3v) is 4.17. The van der Waals surface area contributed by atoms with Crippen LogP contribution in [0.5, 0.6) is 0 Å². The number of nitrogens with zero attached hydrogens (tertiary/aromatic N) is 1.